The molecule has 0 amide bonds. The summed E-state index contributed by atoms with van der Waals surface area (Å²) in [6, 6.07) is 3.88. The molecule has 3 rings (SSSR count). The quantitative estimate of drug-likeness (QED) is 0.689. The van der Waals surface area contributed by atoms with Crippen molar-refractivity contribution in [2.24, 2.45) is 5.73 Å². The van der Waals surface area contributed by atoms with E-state index in [4.69, 9.17) is 5.73 Å². The Morgan fingerprint density at radius 1 is 1.27 bits per heavy atom. The maximum Gasteiger partial charge on any atom is 0.326 e. The van der Waals surface area contributed by atoms with Crippen LogP contribution in [0.2, 0.25) is 0 Å². The Kier molecular flexibility index (Phi) is 3.63. The summed E-state index contributed by atoms with van der Waals surface area (Å²) in [7, 11) is -3.71. The number of fused-ring (bicyclic) bond motifs is 1. The summed E-state index contributed by atoms with van der Waals surface area (Å²) in [5.41, 5.74) is 4.68. The summed E-state index contributed by atoms with van der Waals surface area (Å²) < 4.78 is 26.8. The van der Waals surface area contributed by atoms with E-state index in [0.717, 1.165) is 12.8 Å². The number of H-pyrrole nitrogens is 2. The summed E-state index contributed by atoms with van der Waals surface area (Å²) in [6.45, 7) is 0.685. The molecule has 8 nitrogen and oxygen atoms in total. The van der Waals surface area contributed by atoms with Crippen molar-refractivity contribution >= 4 is 20.9 Å². The van der Waals surface area contributed by atoms with Gasteiger partial charge in [-0.25, -0.2) is 13.2 Å². The number of nitrogens with zero attached hydrogens (tertiary/aromatic N) is 1. The fraction of sp³-hybridized carbons (Fsp3) is 0.385. The molecule has 4 N–H and O–H groups in total. The number of benzene rings is 1. The highest BCUT2D eigenvalue weighted by Crippen LogP contribution is 2.26. The largest absolute Gasteiger partial charge is 0.329 e. The van der Waals surface area contributed by atoms with Crippen LogP contribution in [0.4, 0.5) is 0 Å². The molecule has 0 spiro atoms. The highest BCUT2D eigenvalue weighted by molar-refractivity contribution is 7.89. The number of nitrogens with one attached hydrogen (secondary N) is 2. The zero-order chi connectivity index (χ0) is 15.9. The normalized spacial score (nSPS) is 19.8. The topological polar surface area (TPSA) is 129 Å². The van der Waals surface area contributed by atoms with E-state index in [9.17, 15) is 18.0 Å². The van der Waals surface area contributed by atoms with Gasteiger partial charge in [-0.15, -0.1) is 0 Å². The third kappa shape index (κ3) is 2.36. The fourth-order valence-corrected chi connectivity index (χ4v) is 4.53. The van der Waals surface area contributed by atoms with Gasteiger partial charge in [0.25, 0.3) is 5.56 Å². The second-order valence-corrected chi connectivity index (χ2v) is 7.15. The first-order valence-corrected chi connectivity index (χ1v) is 8.36. The van der Waals surface area contributed by atoms with Crippen molar-refractivity contribution in [3.63, 3.8) is 0 Å². The Hall–Kier alpha value is -1.97. The maximum atomic E-state index is 12.7. The van der Waals surface area contributed by atoms with E-state index in [0.29, 0.717) is 12.1 Å². The van der Waals surface area contributed by atoms with E-state index in [1.807, 2.05) is 0 Å². The van der Waals surface area contributed by atoms with Crippen LogP contribution in [0.1, 0.15) is 12.8 Å². The van der Waals surface area contributed by atoms with Crippen molar-refractivity contribution in [1.29, 1.82) is 0 Å². The maximum absolute atomic E-state index is 12.7. The standard InChI is InChI=1S/C13H16N4O4S/c14-7-8-2-1-5-17(8)22(20,21)9-3-4-11-10(6-9)12(18)16-13(19)15-11/h3-4,6,8H,1-2,5,7,14H2,(H2,15,16,18,19)/t8-/m0/s1. The molecule has 9 heteroatoms. The second kappa shape index (κ2) is 5.34. The van der Waals surface area contributed by atoms with Crippen molar-refractivity contribution in [2.45, 2.75) is 23.8 Å². The molecule has 0 unspecified atom stereocenters. The van der Waals surface area contributed by atoms with E-state index in [-0.39, 0.29) is 22.9 Å². The first kappa shape index (κ1) is 14.9. The van der Waals surface area contributed by atoms with Crippen LogP contribution in [0.25, 0.3) is 10.9 Å². The molecule has 1 aromatic heterocycles. The number of hydrogen-bond donors (Lipinski definition) is 3. The molecular weight excluding hydrogens is 308 g/mol. The lowest BCUT2D eigenvalue weighted by atomic mass is 10.2. The fourth-order valence-electron chi connectivity index (χ4n) is 2.80. The monoisotopic (exact) mass is 324 g/mol. The zero-order valence-electron chi connectivity index (χ0n) is 11.7. The van der Waals surface area contributed by atoms with Gasteiger partial charge >= 0.3 is 5.69 Å². The van der Waals surface area contributed by atoms with Gasteiger partial charge in [0.15, 0.2) is 0 Å². The SMILES string of the molecule is NC[C@@H]1CCCN1S(=O)(=O)c1ccc2[nH]c(=O)[nH]c(=O)c2c1. The predicted octanol–water partition coefficient (Wildman–Crippen LogP) is -0.672. The van der Waals surface area contributed by atoms with Gasteiger partial charge < -0.3 is 10.7 Å². The molecule has 118 valence electrons. The molecule has 0 bridgehead atoms. The molecule has 1 fully saturated rings. The molecule has 0 aliphatic carbocycles. The van der Waals surface area contributed by atoms with Crippen LogP contribution < -0.4 is 17.0 Å². The molecule has 1 aromatic carbocycles. The minimum atomic E-state index is -3.71. The molecule has 2 aromatic rings. The number of rotatable bonds is 3. The van der Waals surface area contributed by atoms with Crippen LogP contribution in [-0.4, -0.2) is 41.8 Å². The lowest BCUT2D eigenvalue weighted by molar-refractivity contribution is 0.393. The van der Waals surface area contributed by atoms with Gasteiger partial charge in [-0.2, -0.15) is 4.31 Å². The number of hydrogen-bond acceptors (Lipinski definition) is 5. The highest BCUT2D eigenvalue weighted by atomic mass is 32.2. The molecular formula is C13H16N4O4S. The van der Waals surface area contributed by atoms with Crippen LogP contribution in [-0.2, 0) is 10.0 Å². The molecule has 1 aliphatic rings. The van der Waals surface area contributed by atoms with E-state index < -0.39 is 21.3 Å². The Morgan fingerprint density at radius 3 is 2.77 bits per heavy atom. The number of aromatic nitrogens is 2. The molecule has 0 saturated carbocycles. The van der Waals surface area contributed by atoms with Gasteiger partial charge in [0.05, 0.1) is 15.8 Å². The molecule has 1 saturated heterocycles. The molecule has 2 heterocycles. The number of nitrogens with two attached hydrogens (primary N) is 1. The van der Waals surface area contributed by atoms with Crippen molar-refractivity contribution in [3.05, 3.63) is 39.0 Å². The summed E-state index contributed by atoms with van der Waals surface area (Å²) in [4.78, 5) is 27.6. The van der Waals surface area contributed by atoms with E-state index in [2.05, 4.69) is 9.97 Å². The Labute approximate surface area is 126 Å². The zero-order valence-corrected chi connectivity index (χ0v) is 12.5. The van der Waals surface area contributed by atoms with Crippen LogP contribution in [0.15, 0.2) is 32.7 Å². The molecule has 1 aliphatic heterocycles. The van der Waals surface area contributed by atoms with Gasteiger partial charge in [0.1, 0.15) is 0 Å². The van der Waals surface area contributed by atoms with Gasteiger partial charge in [-0.05, 0) is 31.0 Å². The van der Waals surface area contributed by atoms with Crippen LogP contribution in [0, 0.1) is 0 Å². The third-order valence-corrected chi connectivity index (χ3v) is 5.86. The smallest absolute Gasteiger partial charge is 0.326 e. The highest BCUT2D eigenvalue weighted by Gasteiger charge is 2.34. The average molecular weight is 324 g/mol. The summed E-state index contributed by atoms with van der Waals surface area (Å²) in [5, 5.41) is 0.129. The summed E-state index contributed by atoms with van der Waals surface area (Å²) in [6.07, 6.45) is 1.50. The average Bonchev–Trinajstić information content (AvgIpc) is 2.96. The molecule has 22 heavy (non-hydrogen) atoms. The molecule has 0 radical (unpaired) electrons. The van der Waals surface area contributed by atoms with Crippen LogP contribution in [0.5, 0.6) is 0 Å². The van der Waals surface area contributed by atoms with Gasteiger partial charge in [-0.1, -0.05) is 0 Å². The van der Waals surface area contributed by atoms with Crippen molar-refractivity contribution in [3.8, 4) is 0 Å². The first-order chi connectivity index (χ1) is 10.4. The predicted molar refractivity (Wildman–Crippen MR) is 81.2 cm³/mol. The summed E-state index contributed by atoms with van der Waals surface area (Å²) >= 11 is 0. The van der Waals surface area contributed by atoms with Crippen LogP contribution >= 0.6 is 0 Å². The Morgan fingerprint density at radius 2 is 2.05 bits per heavy atom. The number of sulfonamides is 1. The first-order valence-electron chi connectivity index (χ1n) is 6.92. The van der Waals surface area contributed by atoms with Crippen LogP contribution in [0.3, 0.4) is 0 Å². The summed E-state index contributed by atoms with van der Waals surface area (Å²) in [5.74, 6) is 0. The second-order valence-electron chi connectivity index (χ2n) is 5.26. The van der Waals surface area contributed by atoms with Crippen molar-refractivity contribution in [2.75, 3.05) is 13.1 Å². The third-order valence-electron chi connectivity index (χ3n) is 3.91. The van der Waals surface area contributed by atoms with E-state index >= 15 is 0 Å². The van der Waals surface area contributed by atoms with Crippen molar-refractivity contribution in [1.82, 2.24) is 14.3 Å². The lowest BCUT2D eigenvalue weighted by Crippen LogP contribution is -2.39. The minimum absolute atomic E-state index is 0.0258. The lowest BCUT2D eigenvalue weighted by Gasteiger charge is -2.22. The van der Waals surface area contributed by atoms with E-state index in [1.165, 1.54) is 22.5 Å². The Balaban J connectivity index is 2.14. The van der Waals surface area contributed by atoms with Crippen molar-refractivity contribution < 1.29 is 8.42 Å². The number of aromatic amines is 2. The van der Waals surface area contributed by atoms with E-state index in [1.54, 1.807) is 0 Å². The van der Waals surface area contributed by atoms with Gasteiger partial charge in [0.2, 0.25) is 10.0 Å². The van der Waals surface area contributed by atoms with Gasteiger partial charge in [0, 0.05) is 19.1 Å². The minimum Gasteiger partial charge on any atom is -0.329 e. The molecule has 1 atom stereocenters. The Bertz CT molecular complexity index is 931. The van der Waals surface area contributed by atoms with Gasteiger partial charge in [-0.3, -0.25) is 9.78 Å².